The van der Waals surface area contributed by atoms with Crippen LogP contribution in [0.15, 0.2) is 121 Å². The summed E-state index contributed by atoms with van der Waals surface area (Å²) in [4.78, 5) is 0. The second kappa shape index (κ2) is 11.8. The maximum absolute atomic E-state index is 9.75. The number of quaternary nitrogens is 1. The number of rotatable bonds is 6. The van der Waals surface area contributed by atoms with Gasteiger partial charge in [0.25, 0.3) is 0 Å². The highest BCUT2D eigenvalue weighted by Gasteiger charge is 2.34. The van der Waals surface area contributed by atoms with Crippen molar-refractivity contribution in [2.75, 3.05) is 0 Å². The Morgan fingerprint density at radius 3 is 1.18 bits per heavy atom. The number of hydrogen-bond acceptors (Lipinski definition) is 0. The highest BCUT2D eigenvalue weighted by molar-refractivity contribution is 7.73. The van der Waals surface area contributed by atoms with Gasteiger partial charge in [-0.3, -0.25) is 0 Å². The minimum absolute atomic E-state index is 0.162. The molecule has 0 aliphatic heterocycles. The van der Waals surface area contributed by atoms with Crippen molar-refractivity contribution in [1.29, 1.82) is 0 Å². The summed E-state index contributed by atoms with van der Waals surface area (Å²) in [6.45, 7) is 0. The largest absolute Gasteiger partial charge is 0.673 e. The van der Waals surface area contributed by atoms with Crippen molar-refractivity contribution in [2.24, 2.45) is 0 Å². The van der Waals surface area contributed by atoms with E-state index in [9.17, 15) is 17.3 Å². The molecule has 0 saturated carbocycles. The molecule has 0 fully saturated rings. The van der Waals surface area contributed by atoms with E-state index in [1.807, 2.05) is 0 Å². The summed E-state index contributed by atoms with van der Waals surface area (Å²) in [6.07, 6.45) is 0. The lowest BCUT2D eigenvalue weighted by molar-refractivity contribution is -0.427. The number of benzene rings is 4. The van der Waals surface area contributed by atoms with Gasteiger partial charge < -0.3 is 23.0 Å². The van der Waals surface area contributed by atoms with Crippen molar-refractivity contribution in [3.8, 4) is 0 Å². The Bertz CT molecular complexity index is 1040. The first-order valence-corrected chi connectivity index (χ1v) is 12.0. The van der Waals surface area contributed by atoms with Crippen molar-refractivity contribution >= 4 is 25.8 Å². The van der Waals surface area contributed by atoms with E-state index in [0.717, 1.165) is 0 Å². The normalized spacial score (nSPS) is 13.0. The zero-order chi connectivity index (χ0) is 23.7. The Hall–Kier alpha value is -2.95. The standard InChI is InChI=1S/C26H24NP.BF4/c27-25(21-13-5-1-6-14-21)26(22-15-7-2-8-16-22)28(23-17-9-3-10-18-23)24-19-11-4-12-20-24;2-1(3,4)5/h1-20,25-26H,27H2;/q;-1/p+1. The van der Waals surface area contributed by atoms with Gasteiger partial charge in [-0.25, -0.2) is 0 Å². The smallest absolute Gasteiger partial charge is 0.418 e. The van der Waals surface area contributed by atoms with E-state index in [-0.39, 0.29) is 6.04 Å². The molecule has 0 spiro atoms. The van der Waals surface area contributed by atoms with Crippen LogP contribution in [0.1, 0.15) is 22.8 Å². The van der Waals surface area contributed by atoms with Crippen LogP contribution >= 0.6 is 7.92 Å². The van der Waals surface area contributed by atoms with Crippen molar-refractivity contribution in [3.63, 3.8) is 0 Å². The van der Waals surface area contributed by atoms with Crippen LogP contribution in [0.2, 0.25) is 0 Å². The molecule has 4 aromatic rings. The zero-order valence-corrected chi connectivity index (χ0v) is 18.8. The summed E-state index contributed by atoms with van der Waals surface area (Å²) in [6, 6.07) is 43.6. The predicted molar refractivity (Wildman–Crippen MR) is 131 cm³/mol. The van der Waals surface area contributed by atoms with Crippen LogP contribution in [0.5, 0.6) is 0 Å². The summed E-state index contributed by atoms with van der Waals surface area (Å²) in [7, 11) is -6.62. The molecule has 1 nitrogen and oxygen atoms in total. The molecule has 0 heterocycles. The van der Waals surface area contributed by atoms with Crippen LogP contribution in [0.4, 0.5) is 17.3 Å². The Morgan fingerprint density at radius 1 is 0.515 bits per heavy atom. The van der Waals surface area contributed by atoms with E-state index >= 15 is 0 Å². The highest BCUT2D eigenvalue weighted by atomic mass is 31.1. The number of hydrogen-bond donors (Lipinski definition) is 1. The van der Waals surface area contributed by atoms with Gasteiger partial charge in [-0.2, -0.15) is 0 Å². The van der Waals surface area contributed by atoms with Gasteiger partial charge in [0, 0.05) is 5.56 Å². The summed E-state index contributed by atoms with van der Waals surface area (Å²) >= 11 is 0. The molecular formula is C26H25BF4NP. The van der Waals surface area contributed by atoms with Crippen molar-refractivity contribution in [3.05, 3.63) is 132 Å². The molecule has 0 aliphatic carbocycles. The fourth-order valence-corrected chi connectivity index (χ4v) is 6.67. The lowest BCUT2D eigenvalue weighted by Crippen LogP contribution is -2.56. The molecular weight excluding hydrogens is 444 g/mol. The van der Waals surface area contributed by atoms with Crippen molar-refractivity contribution in [2.45, 2.75) is 11.7 Å². The van der Waals surface area contributed by atoms with Gasteiger partial charge >= 0.3 is 7.25 Å². The van der Waals surface area contributed by atoms with E-state index in [1.54, 1.807) is 0 Å². The monoisotopic (exact) mass is 469 g/mol. The first kappa shape index (κ1) is 24.7. The average Bonchev–Trinajstić information content (AvgIpc) is 2.83. The van der Waals surface area contributed by atoms with Gasteiger partial charge in [0.05, 0.1) is 5.66 Å². The highest BCUT2D eigenvalue weighted by Crippen LogP contribution is 2.54. The van der Waals surface area contributed by atoms with Gasteiger partial charge in [0.15, 0.2) is 0 Å². The predicted octanol–water partition coefficient (Wildman–Crippen LogP) is 6.14. The summed E-state index contributed by atoms with van der Waals surface area (Å²) in [5, 5.41) is 2.78. The van der Waals surface area contributed by atoms with E-state index in [1.165, 1.54) is 21.7 Å². The van der Waals surface area contributed by atoms with Crippen LogP contribution < -0.4 is 16.3 Å². The second-order valence-corrected chi connectivity index (χ2v) is 9.74. The Balaban J connectivity index is 0.000000555. The molecule has 170 valence electrons. The van der Waals surface area contributed by atoms with E-state index in [2.05, 4.69) is 127 Å². The molecule has 0 radical (unpaired) electrons. The Kier molecular flexibility index (Phi) is 8.82. The third kappa shape index (κ3) is 7.56. The molecule has 3 N–H and O–H groups in total. The lowest BCUT2D eigenvalue weighted by atomic mass is 9.99. The van der Waals surface area contributed by atoms with Gasteiger partial charge in [-0.15, -0.1) is 0 Å². The maximum atomic E-state index is 9.75. The van der Waals surface area contributed by atoms with Gasteiger partial charge in [0.2, 0.25) is 0 Å². The molecule has 0 amide bonds. The number of halogens is 4. The molecule has 7 heteroatoms. The summed E-state index contributed by atoms with van der Waals surface area (Å²) in [5.74, 6) is 0. The van der Waals surface area contributed by atoms with Crippen LogP contribution in [-0.4, -0.2) is 7.25 Å². The molecule has 2 atom stereocenters. The van der Waals surface area contributed by atoms with Crippen LogP contribution in [-0.2, 0) is 0 Å². The van der Waals surface area contributed by atoms with E-state index in [4.69, 9.17) is 0 Å². The Labute approximate surface area is 193 Å². The molecule has 0 bridgehead atoms. The molecule has 2 unspecified atom stereocenters. The van der Waals surface area contributed by atoms with Crippen molar-refractivity contribution < 1.29 is 23.0 Å². The van der Waals surface area contributed by atoms with Gasteiger partial charge in [-0.1, -0.05) is 121 Å². The molecule has 0 aromatic heterocycles. The topological polar surface area (TPSA) is 27.6 Å². The Morgan fingerprint density at radius 2 is 0.818 bits per heavy atom. The second-order valence-electron chi connectivity index (χ2n) is 7.41. The fourth-order valence-electron chi connectivity index (χ4n) is 3.74. The summed E-state index contributed by atoms with van der Waals surface area (Å²) in [5.41, 5.74) is 7.61. The third-order valence-electron chi connectivity index (χ3n) is 5.10. The fraction of sp³-hybridized carbons (Fsp3) is 0.0769. The average molecular weight is 469 g/mol. The quantitative estimate of drug-likeness (QED) is 0.200. The maximum Gasteiger partial charge on any atom is 0.673 e. The molecule has 0 saturated heterocycles. The van der Waals surface area contributed by atoms with E-state index < -0.39 is 15.2 Å². The third-order valence-corrected chi connectivity index (χ3v) is 8.02. The minimum Gasteiger partial charge on any atom is -0.418 e. The van der Waals surface area contributed by atoms with Crippen LogP contribution in [0.3, 0.4) is 0 Å². The van der Waals surface area contributed by atoms with Crippen LogP contribution in [0.25, 0.3) is 0 Å². The minimum atomic E-state index is -6.00. The first-order chi connectivity index (χ1) is 15.8. The molecule has 33 heavy (non-hydrogen) atoms. The molecule has 0 aliphatic rings. The molecule has 4 rings (SSSR count). The summed E-state index contributed by atoms with van der Waals surface area (Å²) < 4.78 is 39.0. The van der Waals surface area contributed by atoms with Crippen LogP contribution in [0, 0.1) is 0 Å². The lowest BCUT2D eigenvalue weighted by Gasteiger charge is -2.31. The zero-order valence-electron chi connectivity index (χ0n) is 17.9. The first-order valence-electron chi connectivity index (χ1n) is 10.5. The van der Waals surface area contributed by atoms with Crippen molar-refractivity contribution in [1.82, 2.24) is 0 Å². The SMILES string of the molecule is F[B-](F)(F)F.[NH3+]C(c1ccccc1)C(c1ccccc1)P(c1ccccc1)c1ccccc1. The van der Waals surface area contributed by atoms with Gasteiger partial charge in [0.1, 0.15) is 6.04 Å². The van der Waals surface area contributed by atoms with Gasteiger partial charge in [-0.05, 0) is 24.1 Å². The van der Waals surface area contributed by atoms with E-state index in [0.29, 0.717) is 5.66 Å². The molecule has 4 aromatic carbocycles.